The number of anilines is 2. The smallest absolute Gasteiger partial charge is 0.230 e. The van der Waals surface area contributed by atoms with E-state index in [1.165, 1.54) is 12.8 Å². The zero-order valence-electron chi connectivity index (χ0n) is 14.3. The van der Waals surface area contributed by atoms with E-state index in [0.29, 0.717) is 18.5 Å². The maximum atomic E-state index is 12.8. The van der Waals surface area contributed by atoms with Gasteiger partial charge in [-0.1, -0.05) is 12.8 Å². The van der Waals surface area contributed by atoms with E-state index < -0.39 is 0 Å². The number of carbonyl (C=O) groups excluding carboxylic acids is 1. The summed E-state index contributed by atoms with van der Waals surface area (Å²) in [7, 11) is 0. The maximum absolute atomic E-state index is 12.8. The molecular weight excluding hydrogens is 316 g/mol. The van der Waals surface area contributed by atoms with Gasteiger partial charge in [-0.25, -0.2) is 14.6 Å². The van der Waals surface area contributed by atoms with Gasteiger partial charge in [0.2, 0.25) is 11.9 Å². The van der Waals surface area contributed by atoms with Gasteiger partial charge in [0, 0.05) is 31.5 Å². The van der Waals surface area contributed by atoms with Crippen LogP contribution in [0.15, 0.2) is 30.7 Å². The molecule has 1 saturated heterocycles. The standard InChI is InChI=1S/C18H24N6O/c25-17(22-16-8-11-21-24(16)15-6-1-2-7-15)14-5-3-12-23(13-14)18-19-9-4-10-20-18/h4,8-11,14-15H,1-3,5-7,12-13H2,(H,22,25). The minimum atomic E-state index is -0.0514. The van der Waals surface area contributed by atoms with Gasteiger partial charge in [-0.15, -0.1) is 0 Å². The molecule has 1 atom stereocenters. The van der Waals surface area contributed by atoms with Crippen LogP contribution < -0.4 is 10.2 Å². The van der Waals surface area contributed by atoms with Crippen LogP contribution in [0.25, 0.3) is 0 Å². The summed E-state index contributed by atoms with van der Waals surface area (Å²) < 4.78 is 1.99. The highest BCUT2D eigenvalue weighted by atomic mass is 16.2. The lowest BCUT2D eigenvalue weighted by atomic mass is 9.97. The number of nitrogens with one attached hydrogen (secondary N) is 1. The molecule has 1 aliphatic carbocycles. The summed E-state index contributed by atoms with van der Waals surface area (Å²) in [5, 5.41) is 7.53. The molecule has 25 heavy (non-hydrogen) atoms. The summed E-state index contributed by atoms with van der Waals surface area (Å²) >= 11 is 0. The van der Waals surface area contributed by atoms with Crippen LogP contribution in [0, 0.1) is 5.92 Å². The van der Waals surface area contributed by atoms with E-state index in [2.05, 4.69) is 25.3 Å². The van der Waals surface area contributed by atoms with Crippen molar-refractivity contribution in [2.45, 2.75) is 44.6 Å². The Morgan fingerprint density at radius 1 is 1.08 bits per heavy atom. The van der Waals surface area contributed by atoms with E-state index in [9.17, 15) is 4.79 Å². The van der Waals surface area contributed by atoms with E-state index in [0.717, 1.165) is 38.0 Å². The van der Waals surface area contributed by atoms with Crippen molar-refractivity contribution in [1.29, 1.82) is 0 Å². The van der Waals surface area contributed by atoms with Gasteiger partial charge in [-0.3, -0.25) is 4.79 Å². The molecule has 2 aromatic heterocycles. The fourth-order valence-corrected chi connectivity index (χ4v) is 3.91. The van der Waals surface area contributed by atoms with Crippen LogP contribution in [0.2, 0.25) is 0 Å². The first-order valence-electron chi connectivity index (χ1n) is 9.17. The Balaban J connectivity index is 1.42. The number of hydrogen-bond donors (Lipinski definition) is 1. The minimum Gasteiger partial charge on any atom is -0.340 e. The topological polar surface area (TPSA) is 75.9 Å². The van der Waals surface area contributed by atoms with Gasteiger partial charge in [0.25, 0.3) is 0 Å². The second kappa shape index (κ2) is 7.21. The van der Waals surface area contributed by atoms with Gasteiger partial charge < -0.3 is 10.2 Å². The molecule has 4 rings (SSSR count). The Kier molecular flexibility index (Phi) is 4.63. The third-order valence-corrected chi connectivity index (χ3v) is 5.22. The second-order valence-corrected chi connectivity index (χ2v) is 6.92. The van der Waals surface area contributed by atoms with Gasteiger partial charge in [0.1, 0.15) is 5.82 Å². The summed E-state index contributed by atoms with van der Waals surface area (Å²) in [4.78, 5) is 23.5. The van der Waals surface area contributed by atoms with E-state index in [1.54, 1.807) is 18.6 Å². The molecule has 7 heteroatoms. The molecule has 0 aromatic carbocycles. The molecule has 1 N–H and O–H groups in total. The molecule has 7 nitrogen and oxygen atoms in total. The highest BCUT2D eigenvalue weighted by molar-refractivity contribution is 5.92. The van der Waals surface area contributed by atoms with Gasteiger partial charge in [0.05, 0.1) is 18.2 Å². The Labute approximate surface area is 147 Å². The van der Waals surface area contributed by atoms with Crippen LogP contribution >= 0.6 is 0 Å². The number of aromatic nitrogens is 4. The monoisotopic (exact) mass is 340 g/mol. The highest BCUT2D eigenvalue weighted by Crippen LogP contribution is 2.31. The molecule has 1 amide bonds. The number of carbonyl (C=O) groups is 1. The number of rotatable bonds is 4. The molecule has 2 fully saturated rings. The summed E-state index contributed by atoms with van der Waals surface area (Å²) in [5.74, 6) is 1.55. The van der Waals surface area contributed by atoms with E-state index >= 15 is 0 Å². The normalized spacial score (nSPS) is 21.4. The number of nitrogens with zero attached hydrogens (tertiary/aromatic N) is 5. The first-order valence-corrected chi connectivity index (χ1v) is 9.17. The van der Waals surface area contributed by atoms with E-state index in [-0.39, 0.29) is 11.8 Å². The van der Waals surface area contributed by atoms with Crippen LogP contribution in [-0.2, 0) is 4.79 Å². The molecule has 1 unspecified atom stereocenters. The van der Waals surface area contributed by atoms with E-state index in [1.807, 2.05) is 16.8 Å². The Morgan fingerprint density at radius 3 is 2.68 bits per heavy atom. The molecular formula is C18H24N6O. The lowest BCUT2D eigenvalue weighted by molar-refractivity contribution is -0.120. The molecule has 3 heterocycles. The van der Waals surface area contributed by atoms with Crippen molar-refractivity contribution < 1.29 is 4.79 Å². The van der Waals surface area contributed by atoms with Crippen molar-refractivity contribution >= 4 is 17.7 Å². The van der Waals surface area contributed by atoms with Crippen molar-refractivity contribution in [3.05, 3.63) is 30.7 Å². The number of piperidine rings is 1. The Bertz CT molecular complexity index is 709. The molecule has 0 spiro atoms. The Hall–Kier alpha value is -2.44. The van der Waals surface area contributed by atoms with Gasteiger partial charge >= 0.3 is 0 Å². The lowest BCUT2D eigenvalue weighted by Gasteiger charge is -2.32. The number of amides is 1. The summed E-state index contributed by atoms with van der Waals surface area (Å²) in [6.07, 6.45) is 11.9. The first-order chi connectivity index (χ1) is 12.3. The largest absolute Gasteiger partial charge is 0.340 e. The average Bonchev–Trinajstić information content (AvgIpc) is 3.34. The highest BCUT2D eigenvalue weighted by Gasteiger charge is 2.28. The zero-order valence-corrected chi connectivity index (χ0v) is 14.3. The summed E-state index contributed by atoms with van der Waals surface area (Å²) in [6.45, 7) is 1.56. The van der Waals surface area contributed by atoms with Crippen molar-refractivity contribution in [2.75, 3.05) is 23.3 Å². The Morgan fingerprint density at radius 2 is 1.88 bits per heavy atom. The third-order valence-electron chi connectivity index (χ3n) is 5.22. The zero-order chi connectivity index (χ0) is 17.1. The summed E-state index contributed by atoms with van der Waals surface area (Å²) in [5.41, 5.74) is 0. The van der Waals surface area contributed by atoms with Crippen molar-refractivity contribution in [1.82, 2.24) is 19.7 Å². The molecule has 132 valence electrons. The van der Waals surface area contributed by atoms with Crippen molar-refractivity contribution in [2.24, 2.45) is 5.92 Å². The average molecular weight is 340 g/mol. The molecule has 1 saturated carbocycles. The first kappa shape index (κ1) is 16.1. The SMILES string of the molecule is O=C(Nc1ccnn1C1CCCC1)C1CCCN(c2ncccn2)C1. The van der Waals surface area contributed by atoms with Crippen LogP contribution in [0.3, 0.4) is 0 Å². The second-order valence-electron chi connectivity index (χ2n) is 6.92. The fraction of sp³-hybridized carbons (Fsp3) is 0.556. The van der Waals surface area contributed by atoms with Crippen LogP contribution in [0.1, 0.15) is 44.6 Å². The van der Waals surface area contributed by atoms with Crippen molar-refractivity contribution in [3.63, 3.8) is 0 Å². The number of hydrogen-bond acceptors (Lipinski definition) is 5. The third kappa shape index (κ3) is 3.50. The predicted octanol–water partition coefficient (Wildman–Crippen LogP) is 2.64. The summed E-state index contributed by atoms with van der Waals surface area (Å²) in [6, 6.07) is 4.13. The van der Waals surface area contributed by atoms with Crippen LogP contribution in [0.4, 0.5) is 11.8 Å². The quantitative estimate of drug-likeness (QED) is 0.926. The van der Waals surface area contributed by atoms with Crippen LogP contribution in [-0.4, -0.2) is 38.7 Å². The molecule has 2 aliphatic rings. The molecule has 0 bridgehead atoms. The lowest BCUT2D eigenvalue weighted by Crippen LogP contribution is -2.41. The van der Waals surface area contributed by atoms with Gasteiger partial charge in [-0.2, -0.15) is 5.10 Å². The van der Waals surface area contributed by atoms with Gasteiger partial charge in [-0.05, 0) is 31.7 Å². The fourth-order valence-electron chi connectivity index (χ4n) is 3.91. The van der Waals surface area contributed by atoms with E-state index in [4.69, 9.17) is 0 Å². The maximum Gasteiger partial charge on any atom is 0.230 e. The van der Waals surface area contributed by atoms with Crippen LogP contribution in [0.5, 0.6) is 0 Å². The van der Waals surface area contributed by atoms with Crippen molar-refractivity contribution in [3.8, 4) is 0 Å². The molecule has 2 aromatic rings. The van der Waals surface area contributed by atoms with Gasteiger partial charge in [0.15, 0.2) is 0 Å². The minimum absolute atomic E-state index is 0.0514. The predicted molar refractivity (Wildman–Crippen MR) is 95.3 cm³/mol. The molecule has 1 aliphatic heterocycles. The molecule has 0 radical (unpaired) electrons.